The van der Waals surface area contributed by atoms with E-state index in [1.54, 1.807) is 18.2 Å². The SMILES string of the molecule is O=C(CSc1nnc(-c2ccccc2Cl)n1C1CCCC1)NC(=O)Nc1ccc2c(c1)OCO2. The molecule has 2 aromatic carbocycles. The van der Waals surface area contributed by atoms with Crippen LogP contribution in [0.15, 0.2) is 47.6 Å². The van der Waals surface area contributed by atoms with Crippen molar-refractivity contribution in [3.05, 3.63) is 47.5 Å². The van der Waals surface area contributed by atoms with E-state index in [2.05, 4.69) is 25.4 Å². The molecule has 34 heavy (non-hydrogen) atoms. The van der Waals surface area contributed by atoms with Gasteiger partial charge in [0, 0.05) is 23.4 Å². The van der Waals surface area contributed by atoms with Crippen molar-refractivity contribution in [1.82, 2.24) is 20.1 Å². The van der Waals surface area contributed by atoms with Crippen molar-refractivity contribution in [2.45, 2.75) is 36.9 Å². The van der Waals surface area contributed by atoms with Crippen molar-refractivity contribution in [2.75, 3.05) is 17.9 Å². The number of urea groups is 1. The van der Waals surface area contributed by atoms with Gasteiger partial charge in [-0.1, -0.05) is 48.3 Å². The predicted octanol–water partition coefficient (Wildman–Crippen LogP) is 4.88. The Kier molecular flexibility index (Phi) is 6.59. The number of amides is 3. The average molecular weight is 500 g/mol. The molecule has 1 fully saturated rings. The largest absolute Gasteiger partial charge is 0.454 e. The number of hydrogen-bond donors (Lipinski definition) is 2. The van der Waals surface area contributed by atoms with Crippen molar-refractivity contribution in [3.8, 4) is 22.9 Å². The highest BCUT2D eigenvalue weighted by atomic mass is 35.5. The van der Waals surface area contributed by atoms with Gasteiger partial charge in [0.25, 0.3) is 0 Å². The Balaban J connectivity index is 1.24. The van der Waals surface area contributed by atoms with Gasteiger partial charge in [0.05, 0.1) is 10.8 Å². The zero-order valence-corrected chi connectivity index (χ0v) is 19.7. The number of ether oxygens (including phenoxy) is 2. The Morgan fingerprint density at radius 3 is 2.71 bits per heavy atom. The Labute approximate surface area is 205 Å². The Morgan fingerprint density at radius 2 is 1.88 bits per heavy atom. The summed E-state index contributed by atoms with van der Waals surface area (Å²) in [5, 5.41) is 14.9. The fourth-order valence-electron chi connectivity index (χ4n) is 4.12. The topological polar surface area (TPSA) is 107 Å². The van der Waals surface area contributed by atoms with E-state index in [4.69, 9.17) is 21.1 Å². The van der Waals surface area contributed by atoms with Crippen molar-refractivity contribution in [3.63, 3.8) is 0 Å². The van der Waals surface area contributed by atoms with E-state index in [9.17, 15) is 9.59 Å². The summed E-state index contributed by atoms with van der Waals surface area (Å²) in [6.45, 7) is 0.143. The van der Waals surface area contributed by atoms with Gasteiger partial charge in [0.2, 0.25) is 12.7 Å². The lowest BCUT2D eigenvalue weighted by Crippen LogP contribution is -2.35. The molecule has 0 spiro atoms. The molecule has 0 atom stereocenters. The average Bonchev–Trinajstić information content (AvgIpc) is 3.58. The number of carbonyl (C=O) groups is 2. The molecular formula is C23H22ClN5O4S. The second-order valence-electron chi connectivity index (χ2n) is 7.95. The van der Waals surface area contributed by atoms with Crippen LogP contribution in [0.5, 0.6) is 11.5 Å². The van der Waals surface area contributed by atoms with Gasteiger partial charge in [0.15, 0.2) is 22.5 Å². The fraction of sp³-hybridized carbons (Fsp3) is 0.304. The first-order chi connectivity index (χ1) is 16.6. The number of carbonyl (C=O) groups excluding carboxylic acids is 2. The van der Waals surface area contributed by atoms with Crippen molar-refractivity contribution in [2.24, 2.45) is 0 Å². The number of fused-ring (bicyclic) bond motifs is 1. The second-order valence-corrected chi connectivity index (χ2v) is 9.30. The molecule has 0 radical (unpaired) electrons. The minimum atomic E-state index is -0.626. The number of anilines is 1. The minimum Gasteiger partial charge on any atom is -0.454 e. The van der Waals surface area contributed by atoms with E-state index in [1.165, 1.54) is 11.8 Å². The first kappa shape index (κ1) is 22.5. The molecule has 1 aliphatic heterocycles. The normalized spacial score (nSPS) is 14.9. The monoisotopic (exact) mass is 499 g/mol. The zero-order chi connectivity index (χ0) is 23.5. The smallest absolute Gasteiger partial charge is 0.325 e. The number of hydrogen-bond acceptors (Lipinski definition) is 7. The standard InChI is InChI=1S/C23H22ClN5O4S/c24-17-8-4-3-7-16(17)21-27-28-23(29(21)15-5-1-2-6-15)34-12-20(30)26-22(31)25-14-9-10-18-19(11-14)33-13-32-18/h3-4,7-11,15H,1-2,5-6,12-13H2,(H2,25,26,30,31). The van der Waals surface area contributed by atoms with Crippen LogP contribution in [-0.2, 0) is 4.79 Å². The van der Waals surface area contributed by atoms with Crippen LogP contribution >= 0.6 is 23.4 Å². The van der Waals surface area contributed by atoms with E-state index in [0.29, 0.717) is 33.2 Å². The summed E-state index contributed by atoms with van der Waals surface area (Å²) in [6.07, 6.45) is 4.31. The van der Waals surface area contributed by atoms with Crippen LogP contribution in [0.4, 0.5) is 10.5 Å². The summed E-state index contributed by atoms with van der Waals surface area (Å²) in [6, 6.07) is 12.2. The van der Waals surface area contributed by atoms with Crippen LogP contribution in [0, 0.1) is 0 Å². The number of nitrogens with one attached hydrogen (secondary N) is 2. The van der Waals surface area contributed by atoms with Crippen molar-refractivity contribution < 1.29 is 19.1 Å². The lowest BCUT2D eigenvalue weighted by atomic mass is 10.2. The maximum absolute atomic E-state index is 12.5. The quantitative estimate of drug-likeness (QED) is 0.465. The summed E-state index contributed by atoms with van der Waals surface area (Å²) in [5.41, 5.74) is 1.30. The molecule has 0 bridgehead atoms. The van der Waals surface area contributed by atoms with Gasteiger partial charge in [-0.15, -0.1) is 10.2 Å². The zero-order valence-electron chi connectivity index (χ0n) is 18.1. The molecule has 176 valence electrons. The number of benzene rings is 2. The Morgan fingerprint density at radius 1 is 1.09 bits per heavy atom. The summed E-state index contributed by atoms with van der Waals surface area (Å²) in [7, 11) is 0. The van der Waals surface area contributed by atoms with Crippen LogP contribution in [0.25, 0.3) is 11.4 Å². The van der Waals surface area contributed by atoms with Gasteiger partial charge in [-0.05, 0) is 37.1 Å². The van der Waals surface area contributed by atoms with Crippen molar-refractivity contribution in [1.29, 1.82) is 0 Å². The van der Waals surface area contributed by atoms with E-state index in [0.717, 1.165) is 31.2 Å². The van der Waals surface area contributed by atoms with Crippen LogP contribution < -0.4 is 20.1 Å². The molecule has 11 heteroatoms. The molecule has 0 unspecified atom stereocenters. The third-order valence-corrected chi connectivity index (χ3v) is 6.96. The van der Waals surface area contributed by atoms with Gasteiger partial charge < -0.3 is 14.8 Å². The van der Waals surface area contributed by atoms with Gasteiger partial charge in [-0.3, -0.25) is 14.7 Å². The molecule has 5 rings (SSSR count). The molecule has 9 nitrogen and oxygen atoms in total. The molecule has 1 aliphatic carbocycles. The summed E-state index contributed by atoms with van der Waals surface area (Å²) >= 11 is 7.66. The second kappa shape index (κ2) is 9.94. The third kappa shape index (κ3) is 4.83. The maximum Gasteiger partial charge on any atom is 0.325 e. The molecule has 3 aromatic rings. The molecule has 2 aliphatic rings. The van der Waals surface area contributed by atoms with Crippen LogP contribution in [0.2, 0.25) is 5.02 Å². The number of imide groups is 1. The van der Waals surface area contributed by atoms with E-state index >= 15 is 0 Å². The van der Waals surface area contributed by atoms with Gasteiger partial charge in [-0.2, -0.15) is 0 Å². The molecule has 0 saturated heterocycles. The van der Waals surface area contributed by atoms with Crippen LogP contribution in [0.3, 0.4) is 0 Å². The van der Waals surface area contributed by atoms with Crippen LogP contribution in [-0.4, -0.2) is 39.2 Å². The molecule has 2 heterocycles. The van der Waals surface area contributed by atoms with E-state index in [-0.39, 0.29) is 18.6 Å². The molecular weight excluding hydrogens is 478 g/mol. The minimum absolute atomic E-state index is 0.0158. The number of thioether (sulfide) groups is 1. The number of rotatable bonds is 6. The Hall–Kier alpha value is -3.24. The predicted molar refractivity (Wildman–Crippen MR) is 128 cm³/mol. The van der Waals surface area contributed by atoms with Crippen LogP contribution in [0.1, 0.15) is 31.7 Å². The highest BCUT2D eigenvalue weighted by molar-refractivity contribution is 7.99. The highest BCUT2D eigenvalue weighted by Gasteiger charge is 2.26. The molecule has 3 amide bonds. The molecule has 1 saturated carbocycles. The fourth-order valence-corrected chi connectivity index (χ4v) is 5.15. The van der Waals surface area contributed by atoms with Gasteiger partial charge >= 0.3 is 6.03 Å². The highest BCUT2D eigenvalue weighted by Crippen LogP contribution is 2.38. The van der Waals surface area contributed by atoms with Gasteiger partial charge in [0.1, 0.15) is 0 Å². The summed E-state index contributed by atoms with van der Waals surface area (Å²) < 4.78 is 12.6. The summed E-state index contributed by atoms with van der Waals surface area (Å²) in [4.78, 5) is 24.7. The number of halogens is 1. The van der Waals surface area contributed by atoms with Crippen molar-refractivity contribution >= 4 is 41.0 Å². The Bertz CT molecular complexity index is 1230. The first-order valence-electron chi connectivity index (χ1n) is 10.9. The maximum atomic E-state index is 12.5. The summed E-state index contributed by atoms with van der Waals surface area (Å²) in [5.74, 6) is 1.42. The van der Waals surface area contributed by atoms with E-state index in [1.807, 2.05) is 24.3 Å². The first-order valence-corrected chi connectivity index (χ1v) is 12.3. The number of nitrogens with zero attached hydrogens (tertiary/aromatic N) is 3. The van der Waals surface area contributed by atoms with Gasteiger partial charge in [-0.25, -0.2) is 4.79 Å². The molecule has 1 aromatic heterocycles. The molecule has 2 N–H and O–H groups in total. The number of aromatic nitrogens is 3. The third-order valence-electron chi connectivity index (χ3n) is 5.68. The van der Waals surface area contributed by atoms with E-state index < -0.39 is 11.9 Å². The lowest BCUT2D eigenvalue weighted by molar-refractivity contribution is -0.117. The lowest BCUT2D eigenvalue weighted by Gasteiger charge is -2.17.